The van der Waals surface area contributed by atoms with Gasteiger partial charge in [0.15, 0.2) is 0 Å². The predicted molar refractivity (Wildman–Crippen MR) is 85.5 cm³/mol. The Morgan fingerprint density at radius 2 is 2.05 bits per heavy atom. The van der Waals surface area contributed by atoms with Crippen molar-refractivity contribution in [3.8, 4) is 0 Å². The molecular weight excluding hydrogens is 318 g/mol. The normalized spacial score (nSPS) is 15.8. The maximum atomic E-state index is 11.0. The molecule has 0 atom stereocenters. The lowest BCUT2D eigenvalue weighted by atomic mass is 10.1. The molecule has 0 bridgehead atoms. The Morgan fingerprint density at radius 1 is 1.40 bits per heavy atom. The molecular formula is C16H22BrNO2. The SMILES string of the molecule is CC(C)CN(c1ccc(C(=O)O)cc1Br)C1CCCC1. The van der Waals surface area contributed by atoms with Crippen LogP contribution in [-0.4, -0.2) is 23.7 Å². The first-order valence-corrected chi connectivity index (χ1v) is 8.08. The minimum Gasteiger partial charge on any atom is -0.478 e. The zero-order valence-electron chi connectivity index (χ0n) is 12.1. The third kappa shape index (κ3) is 3.54. The maximum absolute atomic E-state index is 11.0. The second-order valence-corrected chi connectivity index (χ2v) is 6.81. The van der Waals surface area contributed by atoms with Crippen molar-refractivity contribution in [2.45, 2.75) is 45.6 Å². The lowest BCUT2D eigenvalue weighted by Gasteiger charge is -2.33. The molecule has 0 radical (unpaired) electrons. The zero-order chi connectivity index (χ0) is 14.7. The van der Waals surface area contributed by atoms with E-state index in [0.717, 1.165) is 16.7 Å². The smallest absolute Gasteiger partial charge is 0.335 e. The minimum atomic E-state index is -0.881. The van der Waals surface area contributed by atoms with Crippen LogP contribution in [0.2, 0.25) is 0 Å². The van der Waals surface area contributed by atoms with Gasteiger partial charge in [-0.15, -0.1) is 0 Å². The minimum absolute atomic E-state index is 0.330. The number of carbonyl (C=O) groups is 1. The molecule has 1 N–H and O–H groups in total. The monoisotopic (exact) mass is 339 g/mol. The third-order valence-electron chi connectivity index (χ3n) is 3.83. The van der Waals surface area contributed by atoms with Crippen molar-refractivity contribution < 1.29 is 9.90 Å². The molecule has 0 unspecified atom stereocenters. The van der Waals surface area contributed by atoms with Crippen molar-refractivity contribution in [2.75, 3.05) is 11.4 Å². The Balaban J connectivity index is 2.30. The van der Waals surface area contributed by atoms with E-state index < -0.39 is 5.97 Å². The van der Waals surface area contributed by atoms with Gasteiger partial charge in [-0.05, 0) is 52.9 Å². The van der Waals surface area contributed by atoms with Crippen molar-refractivity contribution in [1.29, 1.82) is 0 Å². The number of hydrogen-bond acceptors (Lipinski definition) is 2. The summed E-state index contributed by atoms with van der Waals surface area (Å²) in [7, 11) is 0. The van der Waals surface area contributed by atoms with E-state index in [0.29, 0.717) is 17.5 Å². The number of carboxylic acid groups (broad SMARTS) is 1. The lowest BCUT2D eigenvalue weighted by Crippen LogP contribution is -2.36. The van der Waals surface area contributed by atoms with Gasteiger partial charge >= 0.3 is 5.97 Å². The summed E-state index contributed by atoms with van der Waals surface area (Å²) in [6.07, 6.45) is 5.06. The molecule has 1 aliphatic rings. The quantitative estimate of drug-likeness (QED) is 0.855. The molecule has 1 aromatic carbocycles. The van der Waals surface area contributed by atoms with E-state index in [2.05, 4.69) is 34.7 Å². The van der Waals surface area contributed by atoms with Crippen molar-refractivity contribution in [3.05, 3.63) is 28.2 Å². The topological polar surface area (TPSA) is 40.5 Å². The predicted octanol–water partition coefficient (Wildman–Crippen LogP) is 4.55. The average molecular weight is 340 g/mol. The molecule has 4 heteroatoms. The Labute approximate surface area is 129 Å². The van der Waals surface area contributed by atoms with Gasteiger partial charge in [-0.25, -0.2) is 4.79 Å². The van der Waals surface area contributed by atoms with Crippen LogP contribution < -0.4 is 4.90 Å². The second-order valence-electron chi connectivity index (χ2n) is 5.96. The van der Waals surface area contributed by atoms with Crippen LogP contribution in [0.4, 0.5) is 5.69 Å². The highest BCUT2D eigenvalue weighted by Crippen LogP contribution is 2.34. The Kier molecular flexibility index (Phi) is 5.08. The molecule has 0 amide bonds. The first-order valence-electron chi connectivity index (χ1n) is 7.28. The van der Waals surface area contributed by atoms with Gasteiger partial charge < -0.3 is 10.0 Å². The van der Waals surface area contributed by atoms with Gasteiger partial charge in [0.05, 0.1) is 11.3 Å². The number of benzene rings is 1. The van der Waals surface area contributed by atoms with Crippen molar-refractivity contribution in [1.82, 2.24) is 0 Å². The van der Waals surface area contributed by atoms with E-state index >= 15 is 0 Å². The van der Waals surface area contributed by atoms with Gasteiger partial charge in [0.2, 0.25) is 0 Å². The lowest BCUT2D eigenvalue weighted by molar-refractivity contribution is 0.0697. The summed E-state index contributed by atoms with van der Waals surface area (Å²) in [5.41, 5.74) is 1.45. The number of rotatable bonds is 5. The molecule has 0 heterocycles. The average Bonchev–Trinajstić information content (AvgIpc) is 2.89. The van der Waals surface area contributed by atoms with Crippen molar-refractivity contribution in [2.24, 2.45) is 5.92 Å². The van der Waals surface area contributed by atoms with E-state index in [9.17, 15) is 4.79 Å². The van der Waals surface area contributed by atoms with Crippen LogP contribution in [0.25, 0.3) is 0 Å². The Bertz CT molecular complexity index is 481. The van der Waals surface area contributed by atoms with Gasteiger partial charge in [0, 0.05) is 17.1 Å². The number of halogens is 1. The Hall–Kier alpha value is -1.03. The van der Waals surface area contributed by atoms with E-state index in [4.69, 9.17) is 5.11 Å². The van der Waals surface area contributed by atoms with Crippen molar-refractivity contribution in [3.63, 3.8) is 0 Å². The first-order chi connectivity index (χ1) is 9.49. The number of hydrogen-bond donors (Lipinski definition) is 1. The molecule has 2 rings (SSSR count). The fraction of sp³-hybridized carbons (Fsp3) is 0.562. The summed E-state index contributed by atoms with van der Waals surface area (Å²) in [6, 6.07) is 5.93. The van der Waals surface area contributed by atoms with Gasteiger partial charge in [-0.2, -0.15) is 0 Å². The van der Waals surface area contributed by atoms with Crippen LogP contribution in [0.1, 0.15) is 49.9 Å². The molecule has 110 valence electrons. The van der Waals surface area contributed by atoms with Crippen LogP contribution in [0, 0.1) is 5.92 Å². The van der Waals surface area contributed by atoms with Crippen LogP contribution in [0.5, 0.6) is 0 Å². The van der Waals surface area contributed by atoms with Gasteiger partial charge in [0.1, 0.15) is 0 Å². The standard InChI is InChI=1S/C16H22BrNO2/c1-11(2)10-18(13-5-3-4-6-13)15-8-7-12(16(19)20)9-14(15)17/h7-9,11,13H,3-6,10H2,1-2H3,(H,19,20). The third-order valence-corrected chi connectivity index (χ3v) is 4.47. The summed E-state index contributed by atoms with van der Waals surface area (Å²) in [5, 5.41) is 9.06. The Morgan fingerprint density at radius 3 is 2.55 bits per heavy atom. The number of carboxylic acids is 1. The van der Waals surface area contributed by atoms with Gasteiger partial charge in [-0.3, -0.25) is 0 Å². The highest BCUT2D eigenvalue weighted by atomic mass is 79.9. The molecule has 1 aromatic rings. The van der Waals surface area contributed by atoms with E-state index in [-0.39, 0.29) is 0 Å². The summed E-state index contributed by atoms with van der Waals surface area (Å²) >= 11 is 3.55. The summed E-state index contributed by atoms with van der Waals surface area (Å²) < 4.78 is 0.880. The van der Waals surface area contributed by atoms with Crippen LogP contribution >= 0.6 is 15.9 Å². The highest BCUT2D eigenvalue weighted by molar-refractivity contribution is 9.10. The highest BCUT2D eigenvalue weighted by Gasteiger charge is 2.25. The molecule has 1 fully saturated rings. The summed E-state index contributed by atoms with van der Waals surface area (Å²) in [4.78, 5) is 13.5. The molecule has 0 aromatic heterocycles. The fourth-order valence-electron chi connectivity index (χ4n) is 2.93. The van der Waals surface area contributed by atoms with E-state index in [1.807, 2.05) is 6.07 Å². The zero-order valence-corrected chi connectivity index (χ0v) is 13.7. The van der Waals surface area contributed by atoms with Gasteiger partial charge in [0.25, 0.3) is 0 Å². The number of nitrogens with zero attached hydrogens (tertiary/aromatic N) is 1. The van der Waals surface area contributed by atoms with Crippen LogP contribution in [-0.2, 0) is 0 Å². The largest absolute Gasteiger partial charge is 0.478 e. The number of anilines is 1. The molecule has 20 heavy (non-hydrogen) atoms. The van der Waals surface area contributed by atoms with Crippen LogP contribution in [0.15, 0.2) is 22.7 Å². The molecule has 0 saturated heterocycles. The summed E-state index contributed by atoms with van der Waals surface area (Å²) in [5.74, 6) is -0.296. The number of aromatic carboxylic acids is 1. The fourth-order valence-corrected chi connectivity index (χ4v) is 3.53. The molecule has 1 aliphatic carbocycles. The second kappa shape index (κ2) is 6.61. The molecule has 0 spiro atoms. The van der Waals surface area contributed by atoms with Crippen LogP contribution in [0.3, 0.4) is 0 Å². The molecule has 0 aliphatic heterocycles. The van der Waals surface area contributed by atoms with E-state index in [1.165, 1.54) is 25.7 Å². The maximum Gasteiger partial charge on any atom is 0.335 e. The molecule has 3 nitrogen and oxygen atoms in total. The summed E-state index contributed by atoms with van der Waals surface area (Å²) in [6.45, 7) is 5.46. The van der Waals surface area contributed by atoms with Gasteiger partial charge in [-0.1, -0.05) is 26.7 Å². The first kappa shape index (κ1) is 15.4. The molecule has 1 saturated carbocycles. The van der Waals surface area contributed by atoms with Crippen molar-refractivity contribution >= 4 is 27.6 Å². The van der Waals surface area contributed by atoms with E-state index in [1.54, 1.807) is 12.1 Å².